The van der Waals surface area contributed by atoms with Crippen molar-refractivity contribution in [2.75, 3.05) is 59.0 Å². The Hall–Kier alpha value is -0.710. The third kappa shape index (κ3) is 11.1. The smallest absolute Gasteiger partial charge is 0.191 e. The number of nitrogens with one attached hydrogen (secondary N) is 2. The molecule has 0 unspecified atom stereocenters. The maximum atomic E-state index is 6.00. The molecule has 1 aliphatic heterocycles. The van der Waals surface area contributed by atoms with E-state index in [0.717, 1.165) is 63.8 Å². The fourth-order valence-corrected chi connectivity index (χ4v) is 3.84. The molecule has 0 radical (unpaired) electrons. The summed E-state index contributed by atoms with van der Waals surface area (Å²) < 4.78 is 11.4. The van der Waals surface area contributed by atoms with Crippen LogP contribution < -0.4 is 15.4 Å². The average Bonchev–Trinajstić information content (AvgIpc) is 2.76. The Kier molecular flexibility index (Phi) is 15.4. The van der Waals surface area contributed by atoms with E-state index in [1.165, 1.54) is 17.7 Å². The Morgan fingerprint density at radius 1 is 1.27 bits per heavy atom. The van der Waals surface area contributed by atoms with Crippen LogP contribution in [0, 0.1) is 0 Å². The fraction of sp³-hybridized carbons (Fsp3) is 0.682. The van der Waals surface area contributed by atoms with Gasteiger partial charge in [-0.05, 0) is 62.4 Å². The molecule has 8 heteroatoms. The zero-order chi connectivity index (χ0) is 20.7. The molecule has 1 aliphatic rings. The molecule has 0 spiro atoms. The molecule has 0 aliphatic carbocycles. The molecule has 1 aromatic carbocycles. The van der Waals surface area contributed by atoms with Crippen LogP contribution in [0.2, 0.25) is 0 Å². The number of ether oxygens (including phenoxy) is 2. The van der Waals surface area contributed by atoms with Crippen LogP contribution in [0.25, 0.3) is 0 Å². The highest BCUT2D eigenvalue weighted by molar-refractivity contribution is 14.0. The second-order valence-corrected chi connectivity index (χ2v) is 8.36. The highest BCUT2D eigenvalue weighted by Crippen LogP contribution is 2.15. The van der Waals surface area contributed by atoms with Crippen molar-refractivity contribution in [2.24, 2.45) is 4.99 Å². The summed E-state index contributed by atoms with van der Waals surface area (Å²) in [7, 11) is 3.99. The summed E-state index contributed by atoms with van der Waals surface area (Å²) in [4.78, 5) is 6.69. The monoisotopic (exact) mass is 550 g/mol. The van der Waals surface area contributed by atoms with E-state index in [-0.39, 0.29) is 24.0 Å². The summed E-state index contributed by atoms with van der Waals surface area (Å²) in [5, 5.41) is 6.75. The fourth-order valence-electron chi connectivity index (χ4n) is 3.35. The number of aliphatic imine (C=N–C) groups is 1. The van der Waals surface area contributed by atoms with Gasteiger partial charge in [0.1, 0.15) is 12.4 Å². The first kappa shape index (κ1) is 27.3. The first-order valence-corrected chi connectivity index (χ1v) is 12.1. The van der Waals surface area contributed by atoms with Crippen LogP contribution in [-0.2, 0) is 11.3 Å². The summed E-state index contributed by atoms with van der Waals surface area (Å²) in [6, 6.07) is 8.90. The molecule has 0 amide bonds. The Morgan fingerprint density at radius 3 is 2.80 bits per heavy atom. The normalized spacial score (nSPS) is 15.0. The highest BCUT2D eigenvalue weighted by Gasteiger charge is 2.17. The van der Waals surface area contributed by atoms with E-state index in [2.05, 4.69) is 46.0 Å². The molecule has 0 bridgehead atoms. The number of likely N-dealkylation sites (N-methyl/N-ethyl adjacent to an activating group) is 1. The number of thioether (sulfide) groups is 1. The van der Waals surface area contributed by atoms with Crippen LogP contribution in [0.1, 0.15) is 31.2 Å². The third-order valence-corrected chi connectivity index (χ3v) is 5.87. The van der Waals surface area contributed by atoms with Crippen LogP contribution in [0.3, 0.4) is 0 Å². The lowest BCUT2D eigenvalue weighted by Crippen LogP contribution is -2.38. The highest BCUT2D eigenvalue weighted by atomic mass is 127. The number of guanidine groups is 1. The number of nitrogens with zero attached hydrogens (tertiary/aromatic N) is 2. The molecule has 1 heterocycles. The van der Waals surface area contributed by atoms with E-state index < -0.39 is 0 Å². The number of hydrogen-bond acceptors (Lipinski definition) is 5. The lowest BCUT2D eigenvalue weighted by molar-refractivity contribution is 0.0392. The van der Waals surface area contributed by atoms with Gasteiger partial charge in [0.2, 0.25) is 0 Å². The Balaban J connectivity index is 0.00000450. The summed E-state index contributed by atoms with van der Waals surface area (Å²) in [6.07, 6.45) is 6.77. The standard InChI is InChI=1S/C22H38N4O2S.HI/c1-23-22(24-11-4-5-16-29-3)25-18-19-7-6-8-21(17-19)28-15-12-26(2)20-9-13-27-14-10-20;/h6-8,17,20H,4-5,9-16,18H2,1-3H3,(H2,23,24,25);1H. The van der Waals surface area contributed by atoms with E-state index >= 15 is 0 Å². The molecule has 1 saturated heterocycles. The number of rotatable bonds is 12. The van der Waals surface area contributed by atoms with Gasteiger partial charge in [-0.25, -0.2) is 0 Å². The van der Waals surface area contributed by atoms with Gasteiger partial charge in [0, 0.05) is 45.9 Å². The van der Waals surface area contributed by atoms with E-state index in [4.69, 9.17) is 9.47 Å². The predicted octanol–water partition coefficient (Wildman–Crippen LogP) is 3.60. The van der Waals surface area contributed by atoms with Crippen molar-refractivity contribution in [3.8, 4) is 5.75 Å². The van der Waals surface area contributed by atoms with Crippen LogP contribution in [0.15, 0.2) is 29.3 Å². The molecule has 30 heavy (non-hydrogen) atoms. The molecule has 172 valence electrons. The maximum absolute atomic E-state index is 6.00. The van der Waals surface area contributed by atoms with Gasteiger partial charge in [0.05, 0.1) is 0 Å². The lowest BCUT2D eigenvalue weighted by Gasteiger charge is -2.31. The topological polar surface area (TPSA) is 58.1 Å². The van der Waals surface area contributed by atoms with Gasteiger partial charge in [-0.2, -0.15) is 11.8 Å². The second kappa shape index (κ2) is 16.9. The van der Waals surface area contributed by atoms with Crippen LogP contribution in [0.5, 0.6) is 5.75 Å². The van der Waals surface area contributed by atoms with Gasteiger partial charge in [-0.3, -0.25) is 9.89 Å². The second-order valence-electron chi connectivity index (χ2n) is 7.37. The number of benzene rings is 1. The first-order chi connectivity index (χ1) is 14.2. The Morgan fingerprint density at radius 2 is 2.07 bits per heavy atom. The molecular formula is C22H39IN4O2S. The summed E-state index contributed by atoms with van der Waals surface area (Å²) in [5.41, 5.74) is 1.19. The zero-order valence-electron chi connectivity index (χ0n) is 18.7. The number of hydrogen-bond donors (Lipinski definition) is 2. The van der Waals surface area contributed by atoms with Crippen LogP contribution >= 0.6 is 35.7 Å². The molecule has 1 aromatic rings. The molecule has 2 N–H and O–H groups in total. The summed E-state index contributed by atoms with van der Waals surface area (Å²) in [5.74, 6) is 2.98. The van der Waals surface area contributed by atoms with E-state index in [1.807, 2.05) is 30.9 Å². The predicted molar refractivity (Wildman–Crippen MR) is 140 cm³/mol. The molecule has 6 nitrogen and oxygen atoms in total. The quantitative estimate of drug-likeness (QED) is 0.180. The maximum Gasteiger partial charge on any atom is 0.191 e. The van der Waals surface area contributed by atoms with Gasteiger partial charge in [0.25, 0.3) is 0 Å². The molecule has 1 fully saturated rings. The molecular weight excluding hydrogens is 511 g/mol. The minimum atomic E-state index is 0. The van der Waals surface area contributed by atoms with Crippen molar-refractivity contribution < 1.29 is 9.47 Å². The van der Waals surface area contributed by atoms with Gasteiger partial charge in [0.15, 0.2) is 5.96 Å². The SMILES string of the molecule is CN=C(NCCCCSC)NCc1cccc(OCCN(C)C2CCOCC2)c1.I. The molecule has 2 rings (SSSR count). The zero-order valence-corrected chi connectivity index (χ0v) is 21.8. The van der Waals surface area contributed by atoms with Crippen molar-refractivity contribution in [3.63, 3.8) is 0 Å². The van der Waals surface area contributed by atoms with E-state index in [1.54, 1.807) is 0 Å². The first-order valence-electron chi connectivity index (χ1n) is 10.7. The summed E-state index contributed by atoms with van der Waals surface area (Å²) in [6.45, 7) is 5.05. The lowest BCUT2D eigenvalue weighted by atomic mass is 10.1. The van der Waals surface area contributed by atoms with E-state index in [0.29, 0.717) is 12.6 Å². The van der Waals surface area contributed by atoms with Crippen molar-refractivity contribution >= 4 is 41.7 Å². The number of halogens is 1. The van der Waals surface area contributed by atoms with Crippen molar-refractivity contribution in [3.05, 3.63) is 29.8 Å². The van der Waals surface area contributed by atoms with Crippen LogP contribution in [0.4, 0.5) is 0 Å². The van der Waals surface area contributed by atoms with Gasteiger partial charge < -0.3 is 20.1 Å². The Bertz CT molecular complexity index is 600. The number of unbranched alkanes of at least 4 members (excludes halogenated alkanes) is 1. The van der Waals surface area contributed by atoms with Gasteiger partial charge in [-0.15, -0.1) is 24.0 Å². The van der Waals surface area contributed by atoms with Crippen molar-refractivity contribution in [1.29, 1.82) is 0 Å². The van der Waals surface area contributed by atoms with E-state index in [9.17, 15) is 0 Å². The minimum Gasteiger partial charge on any atom is -0.492 e. The third-order valence-electron chi connectivity index (χ3n) is 5.18. The molecule has 0 aromatic heterocycles. The molecule has 0 saturated carbocycles. The van der Waals surface area contributed by atoms with Crippen molar-refractivity contribution in [2.45, 2.75) is 38.3 Å². The van der Waals surface area contributed by atoms with Crippen LogP contribution in [-0.4, -0.2) is 75.9 Å². The largest absolute Gasteiger partial charge is 0.492 e. The summed E-state index contributed by atoms with van der Waals surface area (Å²) >= 11 is 1.90. The molecule has 0 atom stereocenters. The van der Waals surface area contributed by atoms with Gasteiger partial charge in [-0.1, -0.05) is 12.1 Å². The Labute approximate surface area is 204 Å². The average molecular weight is 551 g/mol. The van der Waals surface area contributed by atoms with Crippen molar-refractivity contribution in [1.82, 2.24) is 15.5 Å². The minimum absolute atomic E-state index is 0. The van der Waals surface area contributed by atoms with Gasteiger partial charge >= 0.3 is 0 Å².